The number of ketones is 1. The minimum Gasteiger partial charge on any atom is -0.297 e. The molecule has 0 heterocycles. The fourth-order valence-electron chi connectivity index (χ4n) is 1.32. The van der Waals surface area contributed by atoms with Crippen molar-refractivity contribution in [1.82, 2.24) is 4.90 Å². The van der Waals surface area contributed by atoms with Gasteiger partial charge < -0.3 is 0 Å². The third-order valence-corrected chi connectivity index (χ3v) is 2.60. The predicted molar refractivity (Wildman–Crippen MR) is 58.5 cm³/mol. The van der Waals surface area contributed by atoms with Gasteiger partial charge >= 0.3 is 0 Å². The van der Waals surface area contributed by atoms with E-state index < -0.39 is 0 Å². The summed E-state index contributed by atoms with van der Waals surface area (Å²) < 4.78 is 0. The number of nitrogens with zero attached hydrogens (tertiary/aromatic N) is 1. The number of carbonyl (C=O) groups excluding carboxylic acids is 1. The second-order valence-electron chi connectivity index (χ2n) is 3.48. The van der Waals surface area contributed by atoms with Crippen LogP contribution in [0.1, 0.15) is 24.2 Å². The molecule has 0 aromatic heterocycles. The summed E-state index contributed by atoms with van der Waals surface area (Å²) in [5.74, 6) is 0.190. The van der Waals surface area contributed by atoms with Crippen molar-refractivity contribution in [3.05, 3.63) is 35.9 Å². The highest BCUT2D eigenvalue weighted by Gasteiger charge is 2.17. The molecule has 0 fully saturated rings. The van der Waals surface area contributed by atoms with Gasteiger partial charge in [0.05, 0.1) is 6.04 Å². The van der Waals surface area contributed by atoms with Crippen LogP contribution in [0.3, 0.4) is 0 Å². The quantitative estimate of drug-likeness (QED) is 0.680. The van der Waals surface area contributed by atoms with Crippen molar-refractivity contribution >= 4 is 5.78 Å². The van der Waals surface area contributed by atoms with Crippen LogP contribution in [0.5, 0.6) is 0 Å². The minimum atomic E-state index is -0.0394. The van der Waals surface area contributed by atoms with Crippen molar-refractivity contribution in [2.24, 2.45) is 0 Å². The lowest BCUT2D eigenvalue weighted by atomic mass is 10.0. The van der Waals surface area contributed by atoms with Gasteiger partial charge in [0.25, 0.3) is 0 Å². The molecule has 1 aromatic rings. The van der Waals surface area contributed by atoms with E-state index in [0.29, 0.717) is 0 Å². The minimum absolute atomic E-state index is 0.0394. The molecular weight excluding hydrogens is 174 g/mol. The lowest BCUT2D eigenvalue weighted by Crippen LogP contribution is -2.35. The van der Waals surface area contributed by atoms with Crippen molar-refractivity contribution in [1.29, 1.82) is 0 Å². The largest absolute Gasteiger partial charge is 0.297 e. The number of hydrogen-bond donors (Lipinski definition) is 0. The molecule has 0 radical (unpaired) electrons. The van der Waals surface area contributed by atoms with Crippen molar-refractivity contribution < 1.29 is 4.79 Å². The Morgan fingerprint density at radius 2 is 1.93 bits per heavy atom. The average Bonchev–Trinajstić information content (AvgIpc) is 2.27. The van der Waals surface area contributed by atoms with E-state index in [-0.39, 0.29) is 11.8 Å². The monoisotopic (exact) mass is 191 g/mol. The highest BCUT2D eigenvalue weighted by molar-refractivity contribution is 5.99. The zero-order valence-corrected chi connectivity index (χ0v) is 9.03. The van der Waals surface area contributed by atoms with E-state index in [9.17, 15) is 4.79 Å². The van der Waals surface area contributed by atoms with Crippen LogP contribution in [0.4, 0.5) is 0 Å². The summed E-state index contributed by atoms with van der Waals surface area (Å²) >= 11 is 0. The van der Waals surface area contributed by atoms with Crippen LogP contribution in [0.15, 0.2) is 30.3 Å². The smallest absolute Gasteiger partial charge is 0.179 e. The SMILES string of the molecule is CCN(C)C(C)C(=O)c1ccccc1. The normalized spacial score (nSPS) is 12.9. The van der Waals surface area contributed by atoms with E-state index in [1.165, 1.54) is 0 Å². The highest BCUT2D eigenvalue weighted by atomic mass is 16.1. The molecule has 0 aliphatic rings. The van der Waals surface area contributed by atoms with Gasteiger partial charge in [-0.1, -0.05) is 37.3 Å². The van der Waals surface area contributed by atoms with Gasteiger partial charge in [-0.15, -0.1) is 0 Å². The van der Waals surface area contributed by atoms with Crippen LogP contribution in [-0.4, -0.2) is 30.3 Å². The van der Waals surface area contributed by atoms with E-state index in [0.717, 1.165) is 12.1 Å². The van der Waals surface area contributed by atoms with Crippen molar-refractivity contribution in [3.63, 3.8) is 0 Å². The Balaban J connectivity index is 2.76. The summed E-state index contributed by atoms with van der Waals surface area (Å²) in [6.45, 7) is 4.88. The molecule has 1 rings (SSSR count). The maximum Gasteiger partial charge on any atom is 0.179 e. The van der Waals surface area contributed by atoms with Gasteiger partial charge in [-0.05, 0) is 20.5 Å². The topological polar surface area (TPSA) is 20.3 Å². The van der Waals surface area contributed by atoms with Crippen molar-refractivity contribution in [2.75, 3.05) is 13.6 Å². The third-order valence-electron chi connectivity index (χ3n) is 2.60. The summed E-state index contributed by atoms with van der Waals surface area (Å²) in [5, 5.41) is 0. The van der Waals surface area contributed by atoms with Gasteiger partial charge in [0.2, 0.25) is 0 Å². The fraction of sp³-hybridized carbons (Fsp3) is 0.417. The Labute approximate surface area is 85.5 Å². The molecule has 0 aliphatic carbocycles. The molecule has 0 spiro atoms. The molecule has 76 valence electrons. The molecule has 0 N–H and O–H groups in total. The van der Waals surface area contributed by atoms with E-state index >= 15 is 0 Å². The first-order valence-corrected chi connectivity index (χ1v) is 4.96. The van der Waals surface area contributed by atoms with Crippen LogP contribution < -0.4 is 0 Å². The highest BCUT2D eigenvalue weighted by Crippen LogP contribution is 2.06. The molecule has 1 unspecified atom stereocenters. The third kappa shape index (κ3) is 2.42. The summed E-state index contributed by atoms with van der Waals surface area (Å²) in [7, 11) is 1.96. The van der Waals surface area contributed by atoms with Gasteiger partial charge in [0.1, 0.15) is 0 Å². The van der Waals surface area contributed by atoms with Crippen LogP contribution in [0.25, 0.3) is 0 Å². The van der Waals surface area contributed by atoms with E-state index in [1.54, 1.807) is 0 Å². The van der Waals surface area contributed by atoms with Crippen molar-refractivity contribution in [3.8, 4) is 0 Å². The second-order valence-corrected chi connectivity index (χ2v) is 3.48. The fourth-order valence-corrected chi connectivity index (χ4v) is 1.32. The van der Waals surface area contributed by atoms with Crippen LogP contribution >= 0.6 is 0 Å². The predicted octanol–water partition coefficient (Wildman–Crippen LogP) is 2.21. The number of rotatable bonds is 4. The number of carbonyl (C=O) groups is 1. The molecule has 0 amide bonds. The Morgan fingerprint density at radius 1 is 1.36 bits per heavy atom. The van der Waals surface area contributed by atoms with Gasteiger partial charge in [-0.3, -0.25) is 9.69 Å². The van der Waals surface area contributed by atoms with Crippen molar-refractivity contribution in [2.45, 2.75) is 19.9 Å². The van der Waals surface area contributed by atoms with Gasteiger partial charge in [0, 0.05) is 5.56 Å². The lowest BCUT2D eigenvalue weighted by molar-refractivity contribution is 0.0874. The molecule has 14 heavy (non-hydrogen) atoms. The number of likely N-dealkylation sites (N-methyl/N-ethyl adjacent to an activating group) is 1. The molecule has 2 heteroatoms. The average molecular weight is 191 g/mol. The summed E-state index contributed by atoms with van der Waals surface area (Å²) in [5.41, 5.74) is 0.792. The first kappa shape index (κ1) is 10.9. The Morgan fingerprint density at radius 3 is 2.43 bits per heavy atom. The molecule has 0 saturated heterocycles. The molecule has 1 atom stereocenters. The number of Topliss-reactive ketones (excluding diaryl/α,β-unsaturated/α-hetero) is 1. The van der Waals surface area contributed by atoms with E-state index in [1.807, 2.05) is 49.2 Å². The zero-order valence-electron chi connectivity index (χ0n) is 9.03. The molecule has 2 nitrogen and oxygen atoms in total. The van der Waals surface area contributed by atoms with Crippen LogP contribution in [0.2, 0.25) is 0 Å². The maximum absolute atomic E-state index is 11.9. The molecule has 0 saturated carbocycles. The van der Waals surface area contributed by atoms with Gasteiger partial charge in [-0.25, -0.2) is 0 Å². The number of benzene rings is 1. The summed E-state index contributed by atoms with van der Waals surface area (Å²) in [4.78, 5) is 13.9. The van der Waals surface area contributed by atoms with E-state index in [2.05, 4.69) is 6.92 Å². The Bertz CT molecular complexity index is 294. The lowest BCUT2D eigenvalue weighted by Gasteiger charge is -2.21. The van der Waals surface area contributed by atoms with E-state index in [4.69, 9.17) is 0 Å². The Hall–Kier alpha value is -1.15. The maximum atomic E-state index is 11.9. The van der Waals surface area contributed by atoms with Crippen LogP contribution in [-0.2, 0) is 0 Å². The molecule has 1 aromatic carbocycles. The first-order valence-electron chi connectivity index (χ1n) is 4.96. The van der Waals surface area contributed by atoms with Gasteiger partial charge in [0.15, 0.2) is 5.78 Å². The first-order chi connectivity index (χ1) is 6.66. The number of hydrogen-bond acceptors (Lipinski definition) is 2. The second kappa shape index (κ2) is 4.91. The van der Waals surface area contributed by atoms with Gasteiger partial charge in [-0.2, -0.15) is 0 Å². The molecule has 0 bridgehead atoms. The molecule has 0 aliphatic heterocycles. The zero-order chi connectivity index (χ0) is 10.6. The standard InChI is InChI=1S/C12H17NO/c1-4-13(3)10(2)12(14)11-8-6-5-7-9-11/h5-10H,4H2,1-3H3. The Kier molecular flexibility index (Phi) is 3.84. The molecular formula is C12H17NO. The van der Waals surface area contributed by atoms with Crippen LogP contribution in [0, 0.1) is 0 Å². The summed E-state index contributed by atoms with van der Waals surface area (Å²) in [6.07, 6.45) is 0. The summed E-state index contributed by atoms with van der Waals surface area (Å²) in [6, 6.07) is 9.40.